The van der Waals surface area contributed by atoms with Crippen LogP contribution in [0.1, 0.15) is 40.5 Å². The Kier molecular flexibility index (Phi) is 5.51. The van der Waals surface area contributed by atoms with Crippen LogP contribution >= 0.6 is 0 Å². The summed E-state index contributed by atoms with van der Waals surface area (Å²) in [6.45, 7) is 9.12. The van der Waals surface area contributed by atoms with Crippen LogP contribution in [-0.2, 0) is 4.74 Å². The monoisotopic (exact) mass is 174 g/mol. The minimum Gasteiger partial charge on any atom is -0.387 e. The second-order valence-corrected chi connectivity index (χ2v) is 3.68. The molecule has 0 aliphatic rings. The zero-order valence-corrected chi connectivity index (χ0v) is 8.76. The van der Waals surface area contributed by atoms with E-state index in [9.17, 15) is 5.11 Å². The summed E-state index contributed by atoms with van der Waals surface area (Å²) >= 11 is 0. The summed E-state index contributed by atoms with van der Waals surface area (Å²) in [5.41, 5.74) is -0.661. The Morgan fingerprint density at radius 3 is 2.42 bits per heavy atom. The lowest BCUT2D eigenvalue weighted by Gasteiger charge is -2.29. The maximum absolute atomic E-state index is 9.92. The zero-order chi connectivity index (χ0) is 9.61. The second kappa shape index (κ2) is 5.55. The lowest BCUT2D eigenvalue weighted by molar-refractivity contribution is -0.0671. The summed E-state index contributed by atoms with van der Waals surface area (Å²) in [5, 5.41) is 9.92. The van der Waals surface area contributed by atoms with E-state index in [1.165, 1.54) is 0 Å². The van der Waals surface area contributed by atoms with E-state index in [-0.39, 0.29) is 0 Å². The van der Waals surface area contributed by atoms with E-state index in [1.54, 1.807) is 0 Å². The van der Waals surface area contributed by atoms with Crippen molar-refractivity contribution in [1.82, 2.24) is 0 Å². The highest BCUT2D eigenvalue weighted by atomic mass is 16.5. The minimum atomic E-state index is -0.661. The van der Waals surface area contributed by atoms with Gasteiger partial charge in [0, 0.05) is 6.61 Å². The molecule has 0 aliphatic heterocycles. The van der Waals surface area contributed by atoms with Crippen LogP contribution < -0.4 is 0 Å². The highest BCUT2D eigenvalue weighted by molar-refractivity contribution is 4.78. The maximum Gasteiger partial charge on any atom is 0.0877 e. The number of hydrogen-bond acceptors (Lipinski definition) is 2. The minimum absolute atomic E-state index is 0.314. The van der Waals surface area contributed by atoms with Gasteiger partial charge in [-0.05, 0) is 26.2 Å². The van der Waals surface area contributed by atoms with E-state index in [4.69, 9.17) is 4.74 Å². The molecule has 0 aliphatic carbocycles. The highest BCUT2D eigenvalue weighted by Crippen LogP contribution is 2.21. The third-order valence-electron chi connectivity index (χ3n) is 2.38. The average Bonchev–Trinajstić information content (AvgIpc) is 2.01. The van der Waals surface area contributed by atoms with E-state index in [2.05, 4.69) is 13.8 Å². The van der Waals surface area contributed by atoms with Crippen LogP contribution in [0.3, 0.4) is 0 Å². The summed E-state index contributed by atoms with van der Waals surface area (Å²) in [5.74, 6) is 0.314. The first-order chi connectivity index (χ1) is 5.54. The van der Waals surface area contributed by atoms with Crippen LogP contribution in [0.4, 0.5) is 0 Å². The van der Waals surface area contributed by atoms with E-state index < -0.39 is 5.60 Å². The first-order valence-corrected chi connectivity index (χ1v) is 4.84. The van der Waals surface area contributed by atoms with Gasteiger partial charge in [0.05, 0.1) is 12.2 Å². The number of rotatable bonds is 6. The normalized spacial score (nSPS) is 18.8. The Bertz CT molecular complexity index is 110. The first-order valence-electron chi connectivity index (χ1n) is 4.84. The Balaban J connectivity index is 3.81. The standard InChI is InChI=1S/C10H22O2/c1-5-7-9(3)10(4,11)8-12-6-2/h9,11H,5-8H2,1-4H3. The third kappa shape index (κ3) is 4.07. The molecular weight excluding hydrogens is 152 g/mol. The quantitative estimate of drug-likeness (QED) is 0.669. The molecule has 2 heteroatoms. The largest absolute Gasteiger partial charge is 0.387 e. The van der Waals surface area contributed by atoms with Crippen molar-refractivity contribution in [1.29, 1.82) is 0 Å². The molecule has 2 unspecified atom stereocenters. The molecule has 12 heavy (non-hydrogen) atoms. The van der Waals surface area contributed by atoms with E-state index in [0.717, 1.165) is 12.8 Å². The summed E-state index contributed by atoms with van der Waals surface area (Å²) in [6, 6.07) is 0. The van der Waals surface area contributed by atoms with Gasteiger partial charge in [-0.1, -0.05) is 20.3 Å². The van der Waals surface area contributed by atoms with Crippen molar-refractivity contribution in [3.05, 3.63) is 0 Å². The molecule has 0 aromatic rings. The third-order valence-corrected chi connectivity index (χ3v) is 2.38. The molecule has 0 saturated heterocycles. The molecule has 0 saturated carbocycles. The Morgan fingerprint density at radius 1 is 1.42 bits per heavy atom. The summed E-state index contributed by atoms with van der Waals surface area (Å²) in [7, 11) is 0. The summed E-state index contributed by atoms with van der Waals surface area (Å²) < 4.78 is 5.22. The Labute approximate surface area is 75.9 Å². The van der Waals surface area contributed by atoms with Crippen LogP contribution in [0.5, 0.6) is 0 Å². The zero-order valence-electron chi connectivity index (χ0n) is 8.76. The molecular formula is C10H22O2. The van der Waals surface area contributed by atoms with Gasteiger partial charge in [0.1, 0.15) is 0 Å². The fourth-order valence-electron chi connectivity index (χ4n) is 1.19. The van der Waals surface area contributed by atoms with Gasteiger partial charge in [0.25, 0.3) is 0 Å². The first kappa shape index (κ1) is 11.9. The van der Waals surface area contributed by atoms with Crippen LogP contribution in [0.25, 0.3) is 0 Å². The van der Waals surface area contributed by atoms with Gasteiger partial charge in [-0.2, -0.15) is 0 Å². The molecule has 0 aromatic heterocycles. The molecule has 1 N–H and O–H groups in total. The molecule has 0 rings (SSSR count). The van der Waals surface area contributed by atoms with Crippen molar-refractivity contribution in [2.75, 3.05) is 13.2 Å². The van der Waals surface area contributed by atoms with Gasteiger partial charge in [-0.25, -0.2) is 0 Å². The van der Waals surface area contributed by atoms with Crippen LogP contribution in [-0.4, -0.2) is 23.9 Å². The predicted molar refractivity (Wildman–Crippen MR) is 51.2 cm³/mol. The summed E-state index contributed by atoms with van der Waals surface area (Å²) in [4.78, 5) is 0. The SMILES string of the molecule is CCCC(C)C(C)(O)COCC. The molecule has 0 fully saturated rings. The van der Waals surface area contributed by atoms with Gasteiger partial charge in [0.15, 0.2) is 0 Å². The smallest absolute Gasteiger partial charge is 0.0877 e. The molecule has 0 bridgehead atoms. The van der Waals surface area contributed by atoms with Gasteiger partial charge in [-0.15, -0.1) is 0 Å². The van der Waals surface area contributed by atoms with Gasteiger partial charge < -0.3 is 9.84 Å². The van der Waals surface area contributed by atoms with Crippen LogP contribution in [0, 0.1) is 5.92 Å². The van der Waals surface area contributed by atoms with E-state index >= 15 is 0 Å². The number of hydrogen-bond donors (Lipinski definition) is 1. The lowest BCUT2D eigenvalue weighted by atomic mass is 9.88. The molecule has 2 atom stereocenters. The van der Waals surface area contributed by atoms with Crippen LogP contribution in [0.2, 0.25) is 0 Å². The van der Waals surface area contributed by atoms with E-state index in [1.807, 2.05) is 13.8 Å². The molecule has 74 valence electrons. The number of aliphatic hydroxyl groups is 1. The highest BCUT2D eigenvalue weighted by Gasteiger charge is 2.27. The lowest BCUT2D eigenvalue weighted by Crippen LogP contribution is -2.38. The fraction of sp³-hybridized carbons (Fsp3) is 1.00. The van der Waals surface area contributed by atoms with Crippen molar-refractivity contribution in [2.24, 2.45) is 5.92 Å². The topological polar surface area (TPSA) is 29.5 Å². The molecule has 2 nitrogen and oxygen atoms in total. The average molecular weight is 174 g/mol. The molecule has 0 amide bonds. The molecule has 0 spiro atoms. The van der Waals surface area contributed by atoms with Gasteiger partial charge in [-0.3, -0.25) is 0 Å². The molecule has 0 aromatic carbocycles. The Hall–Kier alpha value is -0.0800. The van der Waals surface area contributed by atoms with Crippen molar-refractivity contribution in [3.63, 3.8) is 0 Å². The van der Waals surface area contributed by atoms with Crippen molar-refractivity contribution >= 4 is 0 Å². The fourth-order valence-corrected chi connectivity index (χ4v) is 1.19. The van der Waals surface area contributed by atoms with E-state index in [0.29, 0.717) is 19.1 Å². The molecule has 0 heterocycles. The second-order valence-electron chi connectivity index (χ2n) is 3.68. The predicted octanol–water partition coefficient (Wildman–Crippen LogP) is 2.21. The Morgan fingerprint density at radius 2 is 2.00 bits per heavy atom. The number of ether oxygens (including phenoxy) is 1. The van der Waals surface area contributed by atoms with Crippen molar-refractivity contribution in [2.45, 2.75) is 46.1 Å². The summed E-state index contributed by atoms with van der Waals surface area (Å²) in [6.07, 6.45) is 2.17. The molecule has 0 radical (unpaired) electrons. The maximum atomic E-state index is 9.92. The van der Waals surface area contributed by atoms with Gasteiger partial charge >= 0.3 is 0 Å². The van der Waals surface area contributed by atoms with Crippen LogP contribution in [0.15, 0.2) is 0 Å². The van der Waals surface area contributed by atoms with Crippen molar-refractivity contribution in [3.8, 4) is 0 Å². The van der Waals surface area contributed by atoms with Gasteiger partial charge in [0.2, 0.25) is 0 Å². The van der Waals surface area contributed by atoms with Crippen molar-refractivity contribution < 1.29 is 9.84 Å².